The number of piperidine rings is 1. The van der Waals surface area contributed by atoms with E-state index >= 15 is 0 Å². The van der Waals surface area contributed by atoms with E-state index in [9.17, 15) is 40.2 Å². The lowest BCUT2D eigenvalue weighted by Crippen LogP contribution is -2.94. The van der Waals surface area contributed by atoms with Gasteiger partial charge in [-0.25, -0.2) is 0 Å². The van der Waals surface area contributed by atoms with Gasteiger partial charge in [-0.1, -0.05) is 6.92 Å². The van der Waals surface area contributed by atoms with Crippen molar-refractivity contribution in [3.8, 4) is 0 Å². The molecule has 17 atom stereocenters. The number of aliphatic hydroxyl groups excluding tert-OH is 5. The van der Waals surface area contributed by atoms with Crippen LogP contribution in [0, 0.1) is 47.3 Å². The van der Waals surface area contributed by atoms with Crippen molar-refractivity contribution in [2.24, 2.45) is 58.8 Å². The van der Waals surface area contributed by atoms with Gasteiger partial charge in [0.1, 0.15) is 41.6 Å². The summed E-state index contributed by atoms with van der Waals surface area (Å²) in [6.45, 7) is 1.94. The predicted molar refractivity (Wildman–Crippen MR) is 172 cm³/mol. The molecule has 49 heavy (non-hydrogen) atoms. The molecule has 5 rings (SSSR count). The number of aliphatic hydroxyl groups is 6. The SMILES string of the molecule is C[NH+]=C(N)NCC1C(C)CC2C(=O)C3C(CO)C(OC)CC(O[C@H]4O[C@H](CO)[C@](O)(CCC5CC[NH2+]C(N)C5)[C@H](O)[C@H]4O)C3C(=O)C2C1O. The molecule has 5 aliphatic rings. The number of methoxy groups -OCH3 is 1. The van der Waals surface area contributed by atoms with Gasteiger partial charge in [0, 0.05) is 50.2 Å². The molecule has 0 spiro atoms. The Morgan fingerprint density at radius 1 is 1.04 bits per heavy atom. The molecule has 0 aromatic rings. The number of quaternary nitrogens is 1. The van der Waals surface area contributed by atoms with Gasteiger partial charge in [0.2, 0.25) is 0 Å². The van der Waals surface area contributed by atoms with Gasteiger partial charge < -0.3 is 50.2 Å². The van der Waals surface area contributed by atoms with Gasteiger partial charge in [0.05, 0.1) is 56.9 Å². The summed E-state index contributed by atoms with van der Waals surface area (Å²) < 4.78 is 17.9. The van der Waals surface area contributed by atoms with Crippen LogP contribution in [0.1, 0.15) is 45.4 Å². The molecular weight excluding hydrogens is 642 g/mol. The van der Waals surface area contributed by atoms with Crippen molar-refractivity contribution in [1.29, 1.82) is 0 Å². The van der Waals surface area contributed by atoms with E-state index in [2.05, 4.69) is 15.6 Å². The molecule has 2 saturated heterocycles. The van der Waals surface area contributed by atoms with Crippen LogP contribution in [0.5, 0.6) is 0 Å². The van der Waals surface area contributed by atoms with E-state index in [0.29, 0.717) is 18.8 Å². The Hall–Kier alpha value is -1.83. The first-order chi connectivity index (χ1) is 23.3. The highest BCUT2D eigenvalue weighted by Crippen LogP contribution is 2.52. The van der Waals surface area contributed by atoms with Crippen molar-refractivity contribution in [3.63, 3.8) is 0 Å². The van der Waals surface area contributed by atoms with Crippen molar-refractivity contribution >= 4 is 17.5 Å². The van der Waals surface area contributed by atoms with Crippen LogP contribution >= 0.6 is 0 Å². The number of guanidine groups is 1. The zero-order chi connectivity index (χ0) is 35.8. The summed E-state index contributed by atoms with van der Waals surface area (Å²) in [5.74, 6) is -5.27. The minimum Gasteiger partial charge on any atom is -0.396 e. The van der Waals surface area contributed by atoms with Gasteiger partial charge in [-0.2, -0.15) is 0 Å². The van der Waals surface area contributed by atoms with E-state index in [4.69, 9.17) is 25.7 Å². The molecule has 2 aliphatic heterocycles. The van der Waals surface area contributed by atoms with Gasteiger partial charge in [0.25, 0.3) is 0 Å². The minimum absolute atomic E-state index is 0.0404. The van der Waals surface area contributed by atoms with Crippen molar-refractivity contribution in [3.05, 3.63) is 0 Å². The van der Waals surface area contributed by atoms with Crippen molar-refractivity contribution in [1.82, 2.24) is 5.32 Å². The number of hydrogen-bond donors (Lipinski definition) is 11. The number of carbonyl (C=O) groups is 2. The van der Waals surface area contributed by atoms with Gasteiger partial charge in [-0.3, -0.25) is 31.4 Å². The Bertz CT molecular complexity index is 1190. The summed E-state index contributed by atoms with van der Waals surface area (Å²) in [5.41, 5.74) is 9.97. The number of rotatable bonds is 10. The molecular formula is C33H59N5O11+2. The lowest BCUT2D eigenvalue weighted by Gasteiger charge is -2.55. The first kappa shape index (κ1) is 38.4. The maximum absolute atomic E-state index is 14.5. The molecule has 3 aliphatic carbocycles. The van der Waals surface area contributed by atoms with Gasteiger partial charge in [-0.05, 0) is 37.5 Å². The Balaban J connectivity index is 1.38. The van der Waals surface area contributed by atoms with Crippen LogP contribution in [0.4, 0.5) is 0 Å². The highest BCUT2D eigenvalue weighted by molar-refractivity contribution is 6.01. The molecule has 280 valence electrons. The number of carbonyl (C=O) groups excluding carboxylic acids is 2. The third-order valence-corrected chi connectivity index (χ3v) is 12.5. The first-order valence-corrected chi connectivity index (χ1v) is 17.8. The molecule has 16 heteroatoms. The van der Waals surface area contributed by atoms with E-state index in [1.54, 1.807) is 7.05 Å². The Kier molecular flexibility index (Phi) is 12.4. The summed E-state index contributed by atoms with van der Waals surface area (Å²) in [6, 6.07) is 0. The monoisotopic (exact) mass is 701 g/mol. The first-order valence-electron chi connectivity index (χ1n) is 17.8. The Morgan fingerprint density at radius 3 is 2.41 bits per heavy atom. The van der Waals surface area contributed by atoms with Crippen molar-refractivity contribution < 1.29 is 64.7 Å². The largest absolute Gasteiger partial charge is 0.396 e. The number of nitrogens with one attached hydrogen (secondary N) is 2. The summed E-state index contributed by atoms with van der Waals surface area (Å²) in [6.07, 6.45) is -6.88. The zero-order valence-corrected chi connectivity index (χ0v) is 28.8. The molecule has 0 aromatic carbocycles. The van der Waals surface area contributed by atoms with E-state index in [-0.39, 0.29) is 49.0 Å². The second kappa shape index (κ2) is 15.8. The number of ether oxygens (including phenoxy) is 3. The molecule has 0 bridgehead atoms. The van der Waals surface area contributed by atoms with E-state index in [0.717, 1.165) is 19.4 Å². The second-order valence-corrected chi connectivity index (χ2v) is 15.2. The number of ketones is 2. The van der Waals surface area contributed by atoms with Crippen LogP contribution in [-0.2, 0) is 23.8 Å². The van der Waals surface area contributed by atoms with Gasteiger partial charge in [0.15, 0.2) is 6.29 Å². The van der Waals surface area contributed by atoms with Gasteiger partial charge in [-0.15, -0.1) is 0 Å². The third kappa shape index (κ3) is 7.29. The van der Waals surface area contributed by atoms with Crippen LogP contribution in [0.2, 0.25) is 0 Å². The fourth-order valence-electron chi connectivity index (χ4n) is 9.63. The van der Waals surface area contributed by atoms with Crippen LogP contribution < -0.4 is 27.1 Å². The molecule has 16 nitrogen and oxygen atoms in total. The minimum atomic E-state index is -1.99. The summed E-state index contributed by atoms with van der Waals surface area (Å²) in [5, 5.41) is 71.7. The van der Waals surface area contributed by atoms with Crippen LogP contribution in [0.3, 0.4) is 0 Å². The number of hydrogen-bond acceptors (Lipinski definition) is 12. The number of nitrogens with two attached hydrogens (primary N) is 3. The molecule has 14 N–H and O–H groups in total. The molecule has 0 radical (unpaired) electrons. The van der Waals surface area contributed by atoms with Crippen LogP contribution in [-0.4, -0.2) is 143 Å². The van der Waals surface area contributed by atoms with Crippen LogP contribution in [0.15, 0.2) is 0 Å². The maximum atomic E-state index is 14.5. The van der Waals surface area contributed by atoms with Gasteiger partial charge >= 0.3 is 5.96 Å². The van der Waals surface area contributed by atoms with E-state index < -0.39 is 97.2 Å². The van der Waals surface area contributed by atoms with E-state index in [1.165, 1.54) is 7.11 Å². The zero-order valence-electron chi connectivity index (χ0n) is 28.8. The quantitative estimate of drug-likeness (QED) is 0.0748. The average molecular weight is 702 g/mol. The molecule has 2 heterocycles. The number of Topliss-reactive ketones (excluding diaryl/α,β-unsaturated/α-hetero) is 2. The molecule has 3 saturated carbocycles. The lowest BCUT2D eigenvalue weighted by atomic mass is 9.51. The summed E-state index contributed by atoms with van der Waals surface area (Å²) in [4.78, 5) is 31.6. The summed E-state index contributed by atoms with van der Waals surface area (Å²) >= 11 is 0. The molecule has 5 fully saturated rings. The second-order valence-electron chi connectivity index (χ2n) is 15.2. The normalized spacial score (nSPS) is 47.8. The number of fused-ring (bicyclic) bond motifs is 2. The summed E-state index contributed by atoms with van der Waals surface area (Å²) in [7, 11) is 3.09. The van der Waals surface area contributed by atoms with Crippen molar-refractivity contribution in [2.75, 3.05) is 40.5 Å². The predicted octanol–water partition coefficient (Wildman–Crippen LogP) is -6.14. The Labute approximate surface area is 286 Å². The molecule has 0 amide bonds. The topological polar surface area (TPSA) is 278 Å². The highest BCUT2D eigenvalue weighted by Gasteiger charge is 2.63. The average Bonchev–Trinajstić information content (AvgIpc) is 3.08. The highest BCUT2D eigenvalue weighted by atomic mass is 16.7. The fraction of sp³-hybridized carbons (Fsp3) is 0.909. The fourth-order valence-corrected chi connectivity index (χ4v) is 9.63. The van der Waals surface area contributed by atoms with Crippen LogP contribution in [0.25, 0.3) is 0 Å². The van der Waals surface area contributed by atoms with E-state index in [1.807, 2.05) is 6.92 Å². The Morgan fingerprint density at radius 2 is 1.78 bits per heavy atom. The molecule has 0 aromatic heterocycles. The van der Waals surface area contributed by atoms with Crippen molar-refractivity contribution in [2.45, 2.75) is 100 Å². The molecule has 12 unspecified atom stereocenters. The maximum Gasteiger partial charge on any atom is 0.340 e. The third-order valence-electron chi connectivity index (χ3n) is 12.5. The lowest BCUT2D eigenvalue weighted by molar-refractivity contribution is -0.699. The standard InChI is InChI=1S/C33H57N5O11/c1-14-8-16-24(27(42)17(14)11-38-32(35)36-2)28(43)25-20(10-19(47-3)18(12-39)23(25)26(16)41)48-31-29(44)30(45)33(46,21(13-40)49-31)6-4-15-5-7-37-22(34)9-15/h14-25,27,29-31,37,39-40,42,44-46H,4-13,34H2,1-3H3,(H3,35,36,38)/p+2/t14?,15?,16?,17?,18?,19?,20?,21-,22?,23?,24?,25?,27?,29-,30-,31+,33-/m1/s1. The smallest absolute Gasteiger partial charge is 0.340 e.